The molecule has 174 valence electrons. The van der Waals surface area contributed by atoms with E-state index in [0.29, 0.717) is 24.7 Å². The minimum Gasteiger partial charge on any atom is -0.497 e. The van der Waals surface area contributed by atoms with Crippen LogP contribution in [-0.2, 0) is 21.4 Å². The molecule has 0 unspecified atom stereocenters. The van der Waals surface area contributed by atoms with E-state index >= 15 is 0 Å². The van der Waals surface area contributed by atoms with Crippen molar-refractivity contribution < 1.29 is 27.4 Å². The first kappa shape index (κ1) is 22.9. The van der Waals surface area contributed by atoms with Gasteiger partial charge in [0.1, 0.15) is 5.75 Å². The Bertz CT molecular complexity index is 1280. The summed E-state index contributed by atoms with van der Waals surface area (Å²) in [5.41, 5.74) is 0.902. The lowest BCUT2D eigenvalue weighted by atomic mass is 10.1. The van der Waals surface area contributed by atoms with Crippen LogP contribution in [0.1, 0.15) is 18.9 Å². The molecule has 0 fully saturated rings. The van der Waals surface area contributed by atoms with E-state index < -0.39 is 22.0 Å². The van der Waals surface area contributed by atoms with Crippen LogP contribution >= 0.6 is 0 Å². The van der Waals surface area contributed by atoms with E-state index in [4.69, 9.17) is 14.2 Å². The van der Waals surface area contributed by atoms with Crippen LogP contribution in [-0.4, -0.2) is 40.7 Å². The number of sulfonamides is 1. The topological polar surface area (TPSA) is 103 Å². The van der Waals surface area contributed by atoms with Gasteiger partial charge in [-0.3, -0.25) is 4.79 Å². The zero-order valence-electron chi connectivity index (χ0n) is 18.5. The Balaban J connectivity index is 1.39. The smallest absolute Gasteiger partial charge is 0.241 e. The summed E-state index contributed by atoms with van der Waals surface area (Å²) in [5.74, 6) is 1.23. The highest BCUT2D eigenvalue weighted by Crippen LogP contribution is 2.32. The summed E-state index contributed by atoms with van der Waals surface area (Å²) in [4.78, 5) is 12.6. The molecule has 1 aliphatic rings. The van der Waals surface area contributed by atoms with Gasteiger partial charge in [-0.15, -0.1) is 0 Å². The van der Waals surface area contributed by atoms with Gasteiger partial charge in [0.15, 0.2) is 11.5 Å². The highest BCUT2D eigenvalue weighted by atomic mass is 32.2. The van der Waals surface area contributed by atoms with Crippen molar-refractivity contribution in [3.8, 4) is 17.2 Å². The van der Waals surface area contributed by atoms with Crippen LogP contribution in [0.2, 0.25) is 0 Å². The van der Waals surface area contributed by atoms with Gasteiger partial charge in [-0.2, -0.15) is 4.72 Å². The summed E-state index contributed by atoms with van der Waals surface area (Å²) in [5, 5.41) is 4.83. The van der Waals surface area contributed by atoms with Crippen LogP contribution < -0.4 is 24.2 Å². The summed E-state index contributed by atoms with van der Waals surface area (Å²) in [6.45, 7) is 2.74. The van der Waals surface area contributed by atoms with Crippen molar-refractivity contribution in [2.75, 3.05) is 20.3 Å². The first-order chi connectivity index (χ1) is 15.9. The molecule has 0 spiro atoms. The molecular formula is C24H26N2O6S. The van der Waals surface area contributed by atoms with Crippen LogP contribution in [0.3, 0.4) is 0 Å². The molecule has 8 nitrogen and oxygen atoms in total. The fourth-order valence-corrected chi connectivity index (χ4v) is 4.74. The normalized spacial score (nSPS) is 14.4. The van der Waals surface area contributed by atoms with Crippen LogP contribution in [0, 0.1) is 0 Å². The molecule has 0 saturated heterocycles. The van der Waals surface area contributed by atoms with Crippen LogP contribution in [0.5, 0.6) is 17.2 Å². The molecular weight excluding hydrogens is 444 g/mol. The summed E-state index contributed by atoms with van der Waals surface area (Å²) >= 11 is 0. The van der Waals surface area contributed by atoms with Gasteiger partial charge < -0.3 is 19.5 Å². The second kappa shape index (κ2) is 9.68. The molecule has 4 rings (SSSR count). The van der Waals surface area contributed by atoms with Gasteiger partial charge >= 0.3 is 0 Å². The molecule has 1 amide bonds. The molecule has 3 aromatic rings. The molecule has 0 saturated carbocycles. The van der Waals surface area contributed by atoms with Crippen molar-refractivity contribution in [2.45, 2.75) is 30.8 Å². The Morgan fingerprint density at radius 3 is 2.52 bits per heavy atom. The highest BCUT2D eigenvalue weighted by Gasteiger charge is 2.24. The van der Waals surface area contributed by atoms with E-state index in [-0.39, 0.29) is 11.4 Å². The van der Waals surface area contributed by atoms with Crippen molar-refractivity contribution >= 4 is 26.7 Å². The molecule has 0 aliphatic carbocycles. The lowest BCUT2D eigenvalue weighted by Gasteiger charge is -2.16. The molecule has 2 N–H and O–H groups in total. The Hall–Kier alpha value is -3.30. The highest BCUT2D eigenvalue weighted by molar-refractivity contribution is 7.89. The van der Waals surface area contributed by atoms with E-state index in [2.05, 4.69) is 10.0 Å². The van der Waals surface area contributed by atoms with Gasteiger partial charge in [-0.1, -0.05) is 18.2 Å². The average molecular weight is 471 g/mol. The number of fused-ring (bicyclic) bond motifs is 2. The van der Waals surface area contributed by atoms with Gasteiger partial charge in [0.05, 0.1) is 31.3 Å². The molecule has 0 bridgehead atoms. The second-order valence-electron chi connectivity index (χ2n) is 7.77. The van der Waals surface area contributed by atoms with E-state index in [1.165, 1.54) is 19.1 Å². The fourth-order valence-electron chi connectivity index (χ4n) is 3.52. The molecule has 33 heavy (non-hydrogen) atoms. The number of ether oxygens (including phenoxy) is 3. The Kier molecular flexibility index (Phi) is 6.71. The molecule has 1 heterocycles. The number of hydrogen-bond acceptors (Lipinski definition) is 6. The van der Waals surface area contributed by atoms with Crippen LogP contribution in [0.4, 0.5) is 0 Å². The minimum atomic E-state index is -3.93. The standard InChI is InChI=1S/C24H26N2O6S/c1-16(26-33(28,29)21-8-9-22-23(14-21)32-11-3-10-31-22)24(27)25-15-17-4-5-19-13-20(30-2)7-6-18(19)12-17/h4-9,12-14,16,26H,3,10-11,15H2,1-2H3,(H,25,27)/t16-/m0/s1. The number of hydrogen-bond donors (Lipinski definition) is 2. The predicted octanol–water partition coefficient (Wildman–Crippen LogP) is 2.99. The molecule has 1 aliphatic heterocycles. The molecule has 9 heteroatoms. The Morgan fingerprint density at radius 2 is 1.73 bits per heavy atom. The van der Waals surface area contributed by atoms with Crippen molar-refractivity contribution in [2.24, 2.45) is 0 Å². The Labute approximate surface area is 192 Å². The second-order valence-corrected chi connectivity index (χ2v) is 9.48. The fraction of sp³-hybridized carbons (Fsp3) is 0.292. The number of rotatable bonds is 7. The minimum absolute atomic E-state index is 0.0105. The Morgan fingerprint density at radius 1 is 1.00 bits per heavy atom. The summed E-state index contributed by atoms with van der Waals surface area (Å²) in [6, 6.07) is 15.1. The largest absolute Gasteiger partial charge is 0.497 e. The van der Waals surface area contributed by atoms with Crippen molar-refractivity contribution in [3.63, 3.8) is 0 Å². The first-order valence-electron chi connectivity index (χ1n) is 10.6. The van der Waals surface area contributed by atoms with E-state index in [9.17, 15) is 13.2 Å². The third-order valence-corrected chi connectivity index (χ3v) is 6.87. The number of carbonyl (C=O) groups is 1. The zero-order chi connectivity index (χ0) is 23.4. The van der Waals surface area contributed by atoms with E-state index in [1.54, 1.807) is 13.2 Å². The number of benzene rings is 3. The maximum Gasteiger partial charge on any atom is 0.241 e. The van der Waals surface area contributed by atoms with Crippen molar-refractivity contribution in [1.82, 2.24) is 10.0 Å². The van der Waals surface area contributed by atoms with Gasteiger partial charge in [-0.05, 0) is 53.6 Å². The molecule has 0 aromatic heterocycles. The van der Waals surface area contributed by atoms with E-state index in [0.717, 1.165) is 28.5 Å². The predicted molar refractivity (Wildman–Crippen MR) is 124 cm³/mol. The molecule has 1 atom stereocenters. The van der Waals surface area contributed by atoms with Crippen molar-refractivity contribution in [3.05, 3.63) is 60.2 Å². The lowest BCUT2D eigenvalue weighted by molar-refractivity contribution is -0.122. The average Bonchev–Trinajstić information content (AvgIpc) is 3.06. The van der Waals surface area contributed by atoms with Gasteiger partial charge in [0.25, 0.3) is 0 Å². The van der Waals surface area contributed by atoms with Gasteiger partial charge in [0, 0.05) is 19.0 Å². The van der Waals surface area contributed by atoms with E-state index in [1.807, 2.05) is 36.4 Å². The monoisotopic (exact) mass is 470 g/mol. The molecule has 0 radical (unpaired) electrons. The summed E-state index contributed by atoms with van der Waals surface area (Å²) < 4.78 is 44.3. The number of methoxy groups -OCH3 is 1. The molecule has 3 aromatic carbocycles. The first-order valence-corrected chi connectivity index (χ1v) is 12.1. The zero-order valence-corrected chi connectivity index (χ0v) is 19.3. The number of carbonyl (C=O) groups excluding carboxylic acids is 1. The maximum absolute atomic E-state index is 12.8. The van der Waals surface area contributed by atoms with Gasteiger partial charge in [-0.25, -0.2) is 8.42 Å². The van der Waals surface area contributed by atoms with Gasteiger partial charge in [0.2, 0.25) is 15.9 Å². The lowest BCUT2D eigenvalue weighted by Crippen LogP contribution is -2.44. The number of amides is 1. The summed E-state index contributed by atoms with van der Waals surface area (Å²) in [7, 11) is -2.31. The van der Waals surface area contributed by atoms with Crippen LogP contribution in [0.25, 0.3) is 10.8 Å². The summed E-state index contributed by atoms with van der Waals surface area (Å²) in [6.07, 6.45) is 0.720. The third kappa shape index (κ3) is 5.37. The quantitative estimate of drug-likeness (QED) is 0.550. The maximum atomic E-state index is 12.8. The van der Waals surface area contributed by atoms with Crippen molar-refractivity contribution in [1.29, 1.82) is 0 Å². The number of nitrogens with one attached hydrogen (secondary N) is 2. The third-order valence-electron chi connectivity index (χ3n) is 5.33. The van der Waals surface area contributed by atoms with Crippen LogP contribution in [0.15, 0.2) is 59.5 Å². The SMILES string of the molecule is COc1ccc2cc(CNC(=O)[C@H](C)NS(=O)(=O)c3ccc4c(c3)OCCCO4)ccc2c1.